The second kappa shape index (κ2) is 4.50. The molecule has 0 saturated carbocycles. The molecule has 0 fully saturated rings. The molecule has 1 aromatic rings. The first kappa shape index (κ1) is 10.4. The summed E-state index contributed by atoms with van der Waals surface area (Å²) in [5.41, 5.74) is 0. The number of hydrogen-bond donors (Lipinski definition) is 0. The van der Waals surface area contributed by atoms with Crippen molar-refractivity contribution < 1.29 is 18.3 Å². The van der Waals surface area contributed by atoms with Crippen molar-refractivity contribution in [1.29, 1.82) is 0 Å². The van der Waals surface area contributed by atoms with Crippen molar-refractivity contribution in [3.8, 4) is 5.75 Å². The summed E-state index contributed by atoms with van der Waals surface area (Å²) in [6, 6.07) is 6.45. The van der Waals surface area contributed by atoms with Crippen molar-refractivity contribution in [3.05, 3.63) is 27.8 Å². The van der Waals surface area contributed by atoms with Gasteiger partial charge in [-0.05, 0) is 34.7 Å². The van der Waals surface area contributed by atoms with Gasteiger partial charge in [0, 0.05) is 0 Å². The molecule has 13 heavy (non-hydrogen) atoms. The average Bonchev–Trinajstić information content (AvgIpc) is 2.08. The highest BCUT2D eigenvalue weighted by Crippen LogP contribution is 2.20. The van der Waals surface area contributed by atoms with Crippen molar-refractivity contribution in [2.75, 3.05) is 0 Å². The molecule has 1 aromatic carbocycles. The molecule has 0 aliphatic carbocycles. The number of carbonyl (C=O) groups excluding carboxylic acids is 1. The lowest BCUT2D eigenvalue weighted by molar-refractivity contribution is -0.146. The largest absolute Gasteiger partial charge is 0.421 e. The van der Waals surface area contributed by atoms with Crippen molar-refractivity contribution in [3.63, 3.8) is 0 Å². The Balaban J connectivity index is 2.75. The maximum atomic E-state index is 11.8. The fraction of sp³-hybridized carbons (Fsp3) is 0.125. The average molecular weight is 298 g/mol. The van der Waals surface area contributed by atoms with Crippen LogP contribution in [-0.4, -0.2) is 12.4 Å². The Hall–Kier alpha value is -0.720. The lowest BCUT2D eigenvalue weighted by atomic mass is 10.3. The maximum absolute atomic E-state index is 11.8. The molecule has 0 saturated heterocycles. The first-order chi connectivity index (χ1) is 6.11. The van der Waals surface area contributed by atoms with E-state index in [0.29, 0.717) is 3.57 Å². The zero-order valence-electron chi connectivity index (χ0n) is 6.34. The third-order valence-corrected chi connectivity index (χ3v) is 2.12. The molecule has 0 aliphatic heterocycles. The Morgan fingerprint density at radius 1 is 1.38 bits per heavy atom. The van der Waals surface area contributed by atoms with Gasteiger partial charge in [-0.25, -0.2) is 4.79 Å². The molecule has 0 radical (unpaired) electrons. The smallest absolute Gasteiger partial charge is 0.379 e. The predicted molar refractivity (Wildman–Crippen MR) is 50.8 cm³/mol. The number of carbonyl (C=O) groups is 1. The molecule has 5 heteroatoms. The summed E-state index contributed by atoms with van der Waals surface area (Å²) in [4.78, 5) is 10.5. The van der Waals surface area contributed by atoms with Crippen LogP contribution < -0.4 is 4.74 Å². The Morgan fingerprint density at radius 3 is 2.54 bits per heavy atom. The molecule has 0 amide bonds. The van der Waals surface area contributed by atoms with Gasteiger partial charge in [-0.2, -0.15) is 8.78 Å². The second-order valence-electron chi connectivity index (χ2n) is 2.15. The molecule has 1 rings (SSSR count). The summed E-state index contributed by atoms with van der Waals surface area (Å²) in [7, 11) is 0. The third kappa shape index (κ3) is 2.91. The number of hydrogen-bond acceptors (Lipinski definition) is 2. The molecule has 2 nitrogen and oxygen atoms in total. The van der Waals surface area contributed by atoms with Gasteiger partial charge in [0.05, 0.1) is 3.57 Å². The quantitative estimate of drug-likeness (QED) is 0.476. The molecular weight excluding hydrogens is 293 g/mol. The van der Waals surface area contributed by atoms with E-state index in [1.54, 1.807) is 18.2 Å². The molecular formula is C8H5F2IO2. The van der Waals surface area contributed by atoms with E-state index in [2.05, 4.69) is 4.74 Å². The van der Waals surface area contributed by atoms with Crippen molar-refractivity contribution in [2.45, 2.75) is 6.43 Å². The van der Waals surface area contributed by atoms with Crippen LogP contribution in [0.1, 0.15) is 0 Å². The van der Waals surface area contributed by atoms with E-state index in [9.17, 15) is 13.6 Å². The lowest BCUT2D eigenvalue weighted by Gasteiger charge is -2.04. The zero-order valence-corrected chi connectivity index (χ0v) is 8.49. The van der Waals surface area contributed by atoms with Crippen molar-refractivity contribution in [1.82, 2.24) is 0 Å². The SMILES string of the molecule is O=C(Oc1ccccc1I)C(F)F. The van der Waals surface area contributed by atoms with Crippen LogP contribution in [-0.2, 0) is 4.79 Å². The Kier molecular flexibility index (Phi) is 3.58. The molecule has 0 atom stereocenters. The molecule has 0 spiro atoms. The highest BCUT2D eigenvalue weighted by molar-refractivity contribution is 14.1. The third-order valence-electron chi connectivity index (χ3n) is 1.23. The summed E-state index contributed by atoms with van der Waals surface area (Å²) >= 11 is 1.90. The topological polar surface area (TPSA) is 26.3 Å². The fourth-order valence-electron chi connectivity index (χ4n) is 0.680. The number of alkyl halides is 2. The van der Waals surface area contributed by atoms with Crippen LogP contribution in [0.5, 0.6) is 5.75 Å². The number of ether oxygens (including phenoxy) is 1. The van der Waals surface area contributed by atoms with Gasteiger partial charge in [0.25, 0.3) is 0 Å². The number of rotatable bonds is 2. The molecule has 70 valence electrons. The lowest BCUT2D eigenvalue weighted by Crippen LogP contribution is -2.17. The predicted octanol–water partition coefficient (Wildman–Crippen LogP) is 2.46. The molecule has 0 N–H and O–H groups in total. The minimum Gasteiger partial charge on any atom is -0.421 e. The molecule has 0 aromatic heterocycles. The minimum absolute atomic E-state index is 0.161. The van der Waals surface area contributed by atoms with Gasteiger partial charge in [-0.15, -0.1) is 0 Å². The van der Waals surface area contributed by atoms with Crippen LogP contribution in [0, 0.1) is 3.57 Å². The Morgan fingerprint density at radius 2 is 2.00 bits per heavy atom. The molecule has 0 aliphatic rings. The van der Waals surface area contributed by atoms with E-state index < -0.39 is 12.4 Å². The van der Waals surface area contributed by atoms with Gasteiger partial charge in [0.15, 0.2) is 0 Å². The van der Waals surface area contributed by atoms with Gasteiger partial charge in [0.2, 0.25) is 0 Å². The maximum Gasteiger partial charge on any atom is 0.379 e. The number of esters is 1. The van der Waals surface area contributed by atoms with Gasteiger partial charge >= 0.3 is 12.4 Å². The number of halogens is 3. The standard InChI is InChI=1S/C8H5F2IO2/c9-7(10)8(12)13-6-4-2-1-3-5(6)11/h1-4,7H. The Bertz CT molecular complexity index is 315. The van der Waals surface area contributed by atoms with Gasteiger partial charge in [-0.3, -0.25) is 0 Å². The summed E-state index contributed by atoms with van der Waals surface area (Å²) < 4.78 is 28.6. The molecule has 0 unspecified atom stereocenters. The summed E-state index contributed by atoms with van der Waals surface area (Å²) in [5.74, 6) is -1.36. The first-order valence-electron chi connectivity index (χ1n) is 3.35. The van der Waals surface area contributed by atoms with E-state index >= 15 is 0 Å². The van der Waals surface area contributed by atoms with E-state index in [0.717, 1.165) is 0 Å². The van der Waals surface area contributed by atoms with Crippen LogP contribution in [0.4, 0.5) is 8.78 Å². The normalized spacial score (nSPS) is 10.2. The van der Waals surface area contributed by atoms with Crippen molar-refractivity contribution >= 4 is 28.6 Å². The fourth-order valence-corrected chi connectivity index (χ4v) is 1.18. The first-order valence-corrected chi connectivity index (χ1v) is 4.43. The summed E-state index contributed by atoms with van der Waals surface area (Å²) in [6.07, 6.45) is -3.09. The van der Waals surface area contributed by atoms with E-state index in [1.165, 1.54) is 6.07 Å². The Labute approximate surface area is 87.0 Å². The number of benzene rings is 1. The van der Waals surface area contributed by atoms with Crippen LogP contribution >= 0.6 is 22.6 Å². The second-order valence-corrected chi connectivity index (χ2v) is 3.31. The van der Waals surface area contributed by atoms with Crippen molar-refractivity contribution in [2.24, 2.45) is 0 Å². The van der Waals surface area contributed by atoms with Gasteiger partial charge < -0.3 is 4.74 Å². The molecule has 0 heterocycles. The molecule has 0 bridgehead atoms. The minimum atomic E-state index is -3.09. The summed E-state index contributed by atoms with van der Waals surface area (Å²) in [5, 5.41) is 0. The van der Waals surface area contributed by atoms with Crippen LogP contribution in [0.3, 0.4) is 0 Å². The van der Waals surface area contributed by atoms with Gasteiger partial charge in [-0.1, -0.05) is 12.1 Å². The van der Waals surface area contributed by atoms with Crippen LogP contribution in [0.25, 0.3) is 0 Å². The highest BCUT2D eigenvalue weighted by atomic mass is 127. The van der Waals surface area contributed by atoms with Gasteiger partial charge in [0.1, 0.15) is 5.75 Å². The zero-order chi connectivity index (χ0) is 9.84. The van der Waals surface area contributed by atoms with E-state index in [4.69, 9.17) is 0 Å². The van der Waals surface area contributed by atoms with E-state index in [1.807, 2.05) is 22.6 Å². The number of para-hydroxylation sites is 1. The highest BCUT2D eigenvalue weighted by Gasteiger charge is 2.18. The summed E-state index contributed by atoms with van der Waals surface area (Å²) in [6.45, 7) is 0. The van der Waals surface area contributed by atoms with Crippen LogP contribution in [0.15, 0.2) is 24.3 Å². The van der Waals surface area contributed by atoms with Crippen LogP contribution in [0.2, 0.25) is 0 Å². The van der Waals surface area contributed by atoms with E-state index in [-0.39, 0.29) is 5.75 Å². The monoisotopic (exact) mass is 298 g/mol.